The van der Waals surface area contributed by atoms with Crippen molar-refractivity contribution in [2.75, 3.05) is 26.2 Å². The zero-order valence-electron chi connectivity index (χ0n) is 17.1. The molecule has 0 amide bonds. The molecule has 1 atom stereocenters. The number of Topliss-reactive ketones (excluding diaryl/α,β-unsaturated/α-hetero) is 1. The van der Waals surface area contributed by atoms with Crippen LogP contribution in [0.1, 0.15) is 54.9 Å². The number of hydrogen-bond acceptors (Lipinski definition) is 6. The molecule has 8 heteroatoms. The fourth-order valence-corrected chi connectivity index (χ4v) is 4.21. The second kappa shape index (κ2) is 10.2. The van der Waals surface area contributed by atoms with Gasteiger partial charge in [-0.3, -0.25) is 9.69 Å². The normalized spacial score (nSPS) is 20.2. The van der Waals surface area contributed by atoms with Crippen LogP contribution in [0.25, 0.3) is 0 Å². The smallest absolute Gasteiger partial charge is 0.526 e. The van der Waals surface area contributed by atoms with E-state index < -0.39 is 13.1 Å². The Kier molecular flexibility index (Phi) is 7.69. The number of fused-ring (bicyclic) bond motifs is 1. The summed E-state index contributed by atoms with van der Waals surface area (Å²) in [5.41, 5.74) is 0.772. The quantitative estimate of drug-likeness (QED) is 0.429. The van der Waals surface area contributed by atoms with Crippen molar-refractivity contribution in [3.63, 3.8) is 0 Å². The predicted octanol–water partition coefficient (Wildman–Crippen LogP) is 1.98. The fraction of sp³-hybridized carbons (Fsp3) is 0.619. The van der Waals surface area contributed by atoms with Crippen LogP contribution in [0.15, 0.2) is 18.2 Å². The summed E-state index contributed by atoms with van der Waals surface area (Å²) in [5.74, 6) is -1.13. The lowest BCUT2D eigenvalue weighted by atomic mass is 9.64. The SMILES string of the molecule is CCCCNC1CCN(CC(=O)C[C@H]2Cc3cccc(C(=O)O)c3OB2O)CC1. The summed E-state index contributed by atoms with van der Waals surface area (Å²) >= 11 is 0. The van der Waals surface area contributed by atoms with E-state index in [0.717, 1.165) is 38.0 Å². The molecule has 0 aromatic heterocycles. The van der Waals surface area contributed by atoms with Crippen molar-refractivity contribution in [2.24, 2.45) is 0 Å². The molecule has 0 saturated carbocycles. The number of carboxylic acid groups (broad SMARTS) is 1. The van der Waals surface area contributed by atoms with E-state index in [2.05, 4.69) is 17.1 Å². The number of likely N-dealkylation sites (tertiary alicyclic amines) is 1. The number of rotatable bonds is 9. The third-order valence-electron chi connectivity index (χ3n) is 5.89. The van der Waals surface area contributed by atoms with E-state index in [1.165, 1.54) is 18.9 Å². The standard InChI is InChI=1S/C21H31BN2O5/c1-2-3-9-23-17-7-10-24(11-8-17)14-18(25)13-16-12-15-5-4-6-19(21(26)27)20(15)29-22(16)28/h4-6,16-17,23,28H,2-3,7-14H2,1H3,(H,26,27)/t16-/m1/s1. The number of para-hydroxylation sites is 1. The summed E-state index contributed by atoms with van der Waals surface area (Å²) in [7, 11) is -1.17. The predicted molar refractivity (Wildman–Crippen MR) is 111 cm³/mol. The van der Waals surface area contributed by atoms with Gasteiger partial charge in [-0.2, -0.15) is 0 Å². The van der Waals surface area contributed by atoms with Crippen LogP contribution in [-0.4, -0.2) is 66.1 Å². The lowest BCUT2D eigenvalue weighted by Crippen LogP contribution is -2.45. The monoisotopic (exact) mass is 402 g/mol. The van der Waals surface area contributed by atoms with E-state index in [0.29, 0.717) is 19.0 Å². The maximum Gasteiger partial charge on any atom is 0.526 e. The molecule has 3 N–H and O–H groups in total. The molecule has 158 valence electrons. The van der Waals surface area contributed by atoms with Crippen LogP contribution in [0, 0.1) is 0 Å². The van der Waals surface area contributed by atoms with Crippen LogP contribution >= 0.6 is 0 Å². The highest BCUT2D eigenvalue weighted by Crippen LogP contribution is 2.36. The van der Waals surface area contributed by atoms with Gasteiger partial charge in [-0.1, -0.05) is 25.5 Å². The molecule has 7 nitrogen and oxygen atoms in total. The molecule has 2 aliphatic heterocycles. The topological polar surface area (TPSA) is 99.1 Å². The third kappa shape index (κ3) is 5.81. The van der Waals surface area contributed by atoms with E-state index in [-0.39, 0.29) is 29.3 Å². The van der Waals surface area contributed by atoms with Crippen molar-refractivity contribution in [1.82, 2.24) is 10.2 Å². The molecular formula is C21H31BN2O5. The van der Waals surface area contributed by atoms with Crippen molar-refractivity contribution >= 4 is 18.9 Å². The van der Waals surface area contributed by atoms with Crippen LogP contribution < -0.4 is 9.97 Å². The maximum atomic E-state index is 12.6. The van der Waals surface area contributed by atoms with Crippen molar-refractivity contribution in [3.05, 3.63) is 29.3 Å². The van der Waals surface area contributed by atoms with Crippen LogP contribution in [0.5, 0.6) is 5.75 Å². The maximum absolute atomic E-state index is 12.6. The number of nitrogens with one attached hydrogen (secondary N) is 1. The number of nitrogens with zero attached hydrogens (tertiary/aromatic N) is 1. The van der Waals surface area contributed by atoms with Gasteiger partial charge in [0.2, 0.25) is 0 Å². The summed E-state index contributed by atoms with van der Waals surface area (Å²) in [6.45, 7) is 5.46. The average molecular weight is 402 g/mol. The molecule has 0 aliphatic carbocycles. The van der Waals surface area contributed by atoms with E-state index in [1.54, 1.807) is 12.1 Å². The molecule has 0 radical (unpaired) electrons. The van der Waals surface area contributed by atoms with Crippen molar-refractivity contribution < 1.29 is 24.4 Å². The Morgan fingerprint density at radius 1 is 1.31 bits per heavy atom. The van der Waals surface area contributed by atoms with Crippen LogP contribution in [0.2, 0.25) is 5.82 Å². The Morgan fingerprint density at radius 3 is 2.76 bits per heavy atom. The molecule has 1 saturated heterocycles. The zero-order valence-corrected chi connectivity index (χ0v) is 17.1. The number of aromatic carboxylic acids is 1. The first-order valence-electron chi connectivity index (χ1n) is 10.6. The number of carbonyl (C=O) groups excluding carboxylic acids is 1. The van der Waals surface area contributed by atoms with Crippen molar-refractivity contribution in [2.45, 2.75) is 57.3 Å². The highest BCUT2D eigenvalue weighted by atomic mass is 16.5. The molecular weight excluding hydrogens is 371 g/mol. The van der Waals surface area contributed by atoms with Gasteiger partial charge in [-0.25, -0.2) is 4.79 Å². The Balaban J connectivity index is 1.48. The molecule has 1 fully saturated rings. The zero-order chi connectivity index (χ0) is 20.8. The third-order valence-corrected chi connectivity index (χ3v) is 5.89. The second-order valence-electron chi connectivity index (χ2n) is 8.17. The van der Waals surface area contributed by atoms with Crippen molar-refractivity contribution in [1.29, 1.82) is 0 Å². The van der Waals surface area contributed by atoms with Gasteiger partial charge >= 0.3 is 13.1 Å². The number of unbranched alkanes of at least 4 members (excludes halogenated alkanes) is 1. The highest BCUT2D eigenvalue weighted by Gasteiger charge is 2.38. The average Bonchev–Trinajstić information content (AvgIpc) is 2.69. The number of piperidine rings is 1. The molecule has 0 spiro atoms. The fourth-order valence-electron chi connectivity index (χ4n) is 4.21. The largest absolute Gasteiger partial charge is 0.535 e. The van der Waals surface area contributed by atoms with Crippen LogP contribution in [0.3, 0.4) is 0 Å². The highest BCUT2D eigenvalue weighted by molar-refractivity contribution is 6.47. The molecule has 29 heavy (non-hydrogen) atoms. The van der Waals surface area contributed by atoms with E-state index in [4.69, 9.17) is 4.65 Å². The van der Waals surface area contributed by atoms with Crippen LogP contribution in [0.4, 0.5) is 0 Å². The molecule has 1 aromatic rings. The molecule has 3 rings (SSSR count). The van der Waals surface area contributed by atoms with Gasteiger partial charge < -0.3 is 20.1 Å². The molecule has 2 heterocycles. The van der Waals surface area contributed by atoms with E-state index >= 15 is 0 Å². The van der Waals surface area contributed by atoms with E-state index in [1.807, 2.05) is 0 Å². The molecule has 1 aromatic carbocycles. The summed E-state index contributed by atoms with van der Waals surface area (Å²) < 4.78 is 5.49. The first-order chi connectivity index (χ1) is 14.0. The Hall–Kier alpha value is -1.90. The lowest BCUT2D eigenvalue weighted by Gasteiger charge is -2.33. The van der Waals surface area contributed by atoms with Gasteiger partial charge in [-0.15, -0.1) is 0 Å². The summed E-state index contributed by atoms with van der Waals surface area (Å²) in [5, 5.41) is 23.2. The second-order valence-corrected chi connectivity index (χ2v) is 8.17. The van der Waals surface area contributed by atoms with Crippen LogP contribution in [-0.2, 0) is 11.2 Å². The lowest BCUT2D eigenvalue weighted by molar-refractivity contribution is -0.120. The number of benzene rings is 1. The Morgan fingerprint density at radius 2 is 2.07 bits per heavy atom. The van der Waals surface area contributed by atoms with Gasteiger partial charge in [0.05, 0.1) is 12.1 Å². The van der Waals surface area contributed by atoms with Gasteiger partial charge in [0, 0.05) is 31.4 Å². The Bertz CT molecular complexity index is 721. The number of hydrogen-bond donors (Lipinski definition) is 3. The van der Waals surface area contributed by atoms with Crippen molar-refractivity contribution in [3.8, 4) is 5.75 Å². The van der Waals surface area contributed by atoms with Gasteiger partial charge in [0.15, 0.2) is 0 Å². The minimum absolute atomic E-state index is 0.0433. The number of ketones is 1. The summed E-state index contributed by atoms with van der Waals surface area (Å²) in [6, 6.07) is 5.46. The van der Waals surface area contributed by atoms with E-state index in [9.17, 15) is 19.7 Å². The minimum Gasteiger partial charge on any atom is -0.535 e. The first kappa shape index (κ1) is 21.8. The first-order valence-corrected chi connectivity index (χ1v) is 10.6. The number of carboxylic acids is 1. The van der Waals surface area contributed by atoms with Gasteiger partial charge in [-0.05, 0) is 43.9 Å². The number of carbonyl (C=O) groups is 2. The van der Waals surface area contributed by atoms with Gasteiger partial charge in [0.1, 0.15) is 11.5 Å². The minimum atomic E-state index is -1.17. The molecule has 0 bridgehead atoms. The molecule has 0 unspecified atom stereocenters. The molecule has 2 aliphatic rings. The Labute approximate surface area is 172 Å². The summed E-state index contributed by atoms with van der Waals surface area (Å²) in [6.07, 6.45) is 5.16. The summed E-state index contributed by atoms with van der Waals surface area (Å²) in [4.78, 5) is 26.1. The van der Waals surface area contributed by atoms with Gasteiger partial charge in [0.25, 0.3) is 0 Å².